The van der Waals surface area contributed by atoms with Gasteiger partial charge in [-0.2, -0.15) is 0 Å². The smallest absolute Gasteiger partial charge is 0.203 e. The van der Waals surface area contributed by atoms with Gasteiger partial charge in [0, 0.05) is 43.3 Å². The lowest BCUT2D eigenvalue weighted by Gasteiger charge is -2.16. The second-order valence-electron chi connectivity index (χ2n) is 7.81. The number of aryl methyl sites for hydroxylation is 1. The molecule has 2 heterocycles. The number of nitrogens with zero attached hydrogens (tertiary/aromatic N) is 4. The highest BCUT2D eigenvalue weighted by atomic mass is 16.5. The lowest BCUT2D eigenvalue weighted by Crippen LogP contribution is -2.13. The van der Waals surface area contributed by atoms with Crippen molar-refractivity contribution in [2.45, 2.75) is 13.8 Å². The van der Waals surface area contributed by atoms with Crippen LogP contribution >= 0.6 is 0 Å². The van der Waals surface area contributed by atoms with E-state index in [1.807, 2.05) is 25.1 Å². The average molecular weight is 477 g/mol. The Labute approximate surface area is 206 Å². The van der Waals surface area contributed by atoms with Gasteiger partial charge in [0.1, 0.15) is 11.5 Å². The van der Waals surface area contributed by atoms with Crippen LogP contribution in [0.25, 0.3) is 0 Å². The predicted octanol–water partition coefficient (Wildman–Crippen LogP) is 4.51. The molecular weight excluding hydrogens is 444 g/mol. The first-order valence-corrected chi connectivity index (χ1v) is 11.2. The van der Waals surface area contributed by atoms with Gasteiger partial charge in [0.05, 0.1) is 39.1 Å². The van der Waals surface area contributed by atoms with Gasteiger partial charge in [-0.15, -0.1) is 0 Å². The number of rotatable bonds is 10. The van der Waals surface area contributed by atoms with Gasteiger partial charge >= 0.3 is 0 Å². The van der Waals surface area contributed by atoms with Crippen molar-refractivity contribution in [2.24, 2.45) is 20.9 Å². The van der Waals surface area contributed by atoms with Crippen LogP contribution in [0.2, 0.25) is 0 Å². The molecule has 0 saturated heterocycles. The van der Waals surface area contributed by atoms with Crippen molar-refractivity contribution in [2.75, 3.05) is 45.6 Å². The summed E-state index contributed by atoms with van der Waals surface area (Å²) in [4.78, 5) is 18.0. The molecule has 0 aliphatic carbocycles. The molecule has 0 fully saturated rings. The number of hydrogen-bond donors (Lipinski definition) is 2. The SMILES string of the molecule is CN=C/C=C(\N=CNc1cc(OC)c(OC)c(OC)c1)Nc1ccc(C)nc1C1=NCC(C)C=C1. The van der Waals surface area contributed by atoms with E-state index in [2.05, 4.69) is 33.6 Å². The number of methoxy groups -OCH3 is 3. The minimum atomic E-state index is 0.419. The van der Waals surface area contributed by atoms with E-state index in [4.69, 9.17) is 24.2 Å². The van der Waals surface area contributed by atoms with Gasteiger partial charge < -0.3 is 24.8 Å². The molecule has 184 valence electrons. The van der Waals surface area contributed by atoms with Crippen molar-refractivity contribution in [3.05, 3.63) is 59.7 Å². The highest BCUT2D eigenvalue weighted by Crippen LogP contribution is 2.39. The van der Waals surface area contributed by atoms with Crippen LogP contribution < -0.4 is 24.8 Å². The third-order valence-corrected chi connectivity index (χ3v) is 5.15. The third kappa shape index (κ3) is 6.69. The van der Waals surface area contributed by atoms with Crippen LogP contribution in [0.3, 0.4) is 0 Å². The van der Waals surface area contributed by atoms with Gasteiger partial charge in [0.15, 0.2) is 11.5 Å². The fourth-order valence-corrected chi connectivity index (χ4v) is 3.36. The molecule has 9 nitrogen and oxygen atoms in total. The number of aliphatic imine (C=N–C) groups is 3. The molecule has 1 unspecified atom stereocenters. The number of aromatic nitrogens is 1. The normalized spacial score (nSPS) is 15.9. The van der Waals surface area contributed by atoms with E-state index < -0.39 is 0 Å². The molecule has 0 bridgehead atoms. The van der Waals surface area contributed by atoms with Gasteiger partial charge in [-0.25, -0.2) is 9.98 Å². The molecule has 0 spiro atoms. The number of anilines is 2. The summed E-state index contributed by atoms with van der Waals surface area (Å²) in [6, 6.07) is 7.53. The number of hydrogen-bond acceptors (Lipinski definition) is 8. The third-order valence-electron chi connectivity index (χ3n) is 5.15. The molecule has 1 aromatic carbocycles. The maximum Gasteiger partial charge on any atom is 0.203 e. The Bertz CT molecular complexity index is 1160. The molecule has 1 aromatic heterocycles. The zero-order valence-corrected chi connectivity index (χ0v) is 21.0. The summed E-state index contributed by atoms with van der Waals surface area (Å²) in [5.74, 6) is 2.59. The highest BCUT2D eigenvalue weighted by molar-refractivity contribution is 6.11. The molecule has 2 aromatic rings. The number of nitrogens with one attached hydrogen (secondary N) is 2. The lowest BCUT2D eigenvalue weighted by atomic mass is 10.1. The summed E-state index contributed by atoms with van der Waals surface area (Å²) in [5, 5.41) is 6.50. The van der Waals surface area contributed by atoms with Crippen molar-refractivity contribution >= 4 is 29.6 Å². The molecule has 2 N–H and O–H groups in total. The van der Waals surface area contributed by atoms with E-state index >= 15 is 0 Å². The van der Waals surface area contributed by atoms with E-state index in [-0.39, 0.29) is 0 Å². The van der Waals surface area contributed by atoms with Crippen LogP contribution in [-0.4, -0.2) is 58.2 Å². The van der Waals surface area contributed by atoms with Crippen LogP contribution in [0.5, 0.6) is 17.2 Å². The first-order valence-electron chi connectivity index (χ1n) is 11.2. The Balaban J connectivity index is 1.85. The maximum absolute atomic E-state index is 5.41. The average Bonchev–Trinajstić information content (AvgIpc) is 2.87. The number of dihydropyridines is 1. The van der Waals surface area contributed by atoms with Crippen molar-refractivity contribution in [1.82, 2.24) is 4.98 Å². The van der Waals surface area contributed by atoms with E-state index in [0.717, 1.165) is 35.0 Å². The second kappa shape index (κ2) is 12.4. The molecule has 1 aliphatic rings. The Morgan fingerprint density at radius 1 is 1.11 bits per heavy atom. The fraction of sp³-hybridized carbons (Fsp3) is 0.308. The fourth-order valence-electron chi connectivity index (χ4n) is 3.36. The van der Waals surface area contributed by atoms with Gasteiger partial charge in [-0.1, -0.05) is 13.0 Å². The molecule has 0 saturated carbocycles. The van der Waals surface area contributed by atoms with Crippen LogP contribution in [-0.2, 0) is 0 Å². The zero-order valence-electron chi connectivity index (χ0n) is 21.0. The van der Waals surface area contributed by atoms with Crippen LogP contribution in [0.15, 0.2) is 63.3 Å². The van der Waals surface area contributed by atoms with Crippen LogP contribution in [0.4, 0.5) is 11.4 Å². The van der Waals surface area contributed by atoms with Gasteiger partial charge in [-0.3, -0.25) is 9.98 Å². The van der Waals surface area contributed by atoms with Crippen molar-refractivity contribution in [3.63, 3.8) is 0 Å². The molecule has 1 aliphatic heterocycles. The minimum absolute atomic E-state index is 0.419. The first-order chi connectivity index (χ1) is 17.0. The topological polar surface area (TPSA) is 102 Å². The molecule has 0 amide bonds. The minimum Gasteiger partial charge on any atom is -0.493 e. The van der Waals surface area contributed by atoms with Gasteiger partial charge in [-0.05, 0) is 37.1 Å². The summed E-state index contributed by atoms with van der Waals surface area (Å²) in [7, 11) is 6.41. The summed E-state index contributed by atoms with van der Waals surface area (Å²) in [5.41, 5.74) is 4.06. The summed E-state index contributed by atoms with van der Waals surface area (Å²) in [6.07, 6.45) is 9.19. The zero-order chi connectivity index (χ0) is 25.2. The van der Waals surface area contributed by atoms with Crippen molar-refractivity contribution in [1.29, 1.82) is 0 Å². The lowest BCUT2D eigenvalue weighted by molar-refractivity contribution is 0.324. The Hall–Kier alpha value is -4.14. The molecule has 3 rings (SSSR count). The van der Waals surface area contributed by atoms with E-state index in [0.29, 0.717) is 29.0 Å². The van der Waals surface area contributed by atoms with Gasteiger partial charge in [0.2, 0.25) is 5.75 Å². The van der Waals surface area contributed by atoms with E-state index in [1.165, 1.54) is 0 Å². The monoisotopic (exact) mass is 476 g/mol. The number of allylic oxidation sites excluding steroid dienone is 2. The molecule has 9 heteroatoms. The molecular formula is C26H32N6O3. The van der Waals surface area contributed by atoms with Crippen molar-refractivity contribution < 1.29 is 14.2 Å². The predicted molar refractivity (Wildman–Crippen MR) is 143 cm³/mol. The first kappa shape index (κ1) is 25.5. The Kier molecular flexibility index (Phi) is 9.00. The Morgan fingerprint density at radius 2 is 1.86 bits per heavy atom. The van der Waals surface area contributed by atoms with Gasteiger partial charge in [0.25, 0.3) is 0 Å². The standard InChI is InChI=1S/C26H32N6O3/c1-17-7-9-20(28-15-17)25-21(10-8-18(2)31-25)32-24(11-12-27-3)30-16-29-19-13-22(33-4)26(35-6)23(14-19)34-5/h7-14,16-17,32H,15H2,1-6H3,(H,29,30)/b24-11+,27-12?. The number of benzene rings is 1. The largest absolute Gasteiger partial charge is 0.493 e. The van der Waals surface area contributed by atoms with Crippen LogP contribution in [0, 0.1) is 12.8 Å². The van der Waals surface area contributed by atoms with E-state index in [1.54, 1.807) is 59.1 Å². The maximum atomic E-state index is 5.41. The summed E-state index contributed by atoms with van der Waals surface area (Å²) in [6.45, 7) is 4.84. The quantitative estimate of drug-likeness (QED) is 0.387. The van der Waals surface area contributed by atoms with Crippen molar-refractivity contribution in [3.8, 4) is 17.2 Å². The number of ether oxygens (including phenoxy) is 3. The highest BCUT2D eigenvalue weighted by Gasteiger charge is 2.15. The van der Waals surface area contributed by atoms with Crippen LogP contribution in [0.1, 0.15) is 18.3 Å². The molecule has 35 heavy (non-hydrogen) atoms. The Morgan fingerprint density at radius 3 is 2.46 bits per heavy atom. The summed E-state index contributed by atoms with van der Waals surface area (Å²) >= 11 is 0. The molecule has 1 atom stereocenters. The molecule has 0 radical (unpaired) electrons. The van der Waals surface area contributed by atoms with E-state index in [9.17, 15) is 0 Å². The second-order valence-corrected chi connectivity index (χ2v) is 7.81. The number of pyridine rings is 1. The summed E-state index contributed by atoms with van der Waals surface area (Å²) < 4.78 is 16.2.